The number of nitrogens with zero attached hydrogens (tertiary/aromatic N) is 2. The number of hydrogen-bond donors (Lipinski definition) is 0. The maximum atomic E-state index is 2.57. The van der Waals surface area contributed by atoms with Crippen LogP contribution in [0.15, 0.2) is 30.3 Å². The minimum Gasteiger partial charge on any atom is -0.298 e. The highest BCUT2D eigenvalue weighted by molar-refractivity contribution is 5.20. The van der Waals surface area contributed by atoms with E-state index in [1.165, 1.54) is 12.1 Å². The standard InChI is InChI=1S/C14H22N2/c1-12(2)16-10-9-15(3)14(11-16)13-7-5-4-6-8-13/h4-8,12,14H,9-11H2,1-3H3. The van der Waals surface area contributed by atoms with Crippen molar-refractivity contribution in [3.8, 4) is 0 Å². The fraction of sp³-hybridized carbons (Fsp3) is 0.571. The lowest BCUT2D eigenvalue weighted by molar-refractivity contribution is 0.0745. The van der Waals surface area contributed by atoms with Gasteiger partial charge in [0.2, 0.25) is 0 Å². The molecule has 1 unspecified atom stereocenters. The van der Waals surface area contributed by atoms with Gasteiger partial charge in [-0.1, -0.05) is 30.3 Å². The second-order valence-electron chi connectivity index (χ2n) is 5.00. The van der Waals surface area contributed by atoms with Gasteiger partial charge in [0.25, 0.3) is 0 Å². The van der Waals surface area contributed by atoms with E-state index >= 15 is 0 Å². The predicted octanol–water partition coefficient (Wildman–Crippen LogP) is 2.38. The quantitative estimate of drug-likeness (QED) is 0.752. The van der Waals surface area contributed by atoms with Gasteiger partial charge in [-0.05, 0) is 26.5 Å². The van der Waals surface area contributed by atoms with Crippen molar-refractivity contribution in [1.82, 2.24) is 9.80 Å². The minimum atomic E-state index is 0.553. The Morgan fingerprint density at radius 1 is 1.12 bits per heavy atom. The summed E-state index contributed by atoms with van der Waals surface area (Å²) < 4.78 is 0. The maximum Gasteiger partial charge on any atom is 0.0472 e. The third-order valence-corrected chi connectivity index (χ3v) is 3.59. The Labute approximate surface area is 98.9 Å². The predicted molar refractivity (Wildman–Crippen MR) is 68.5 cm³/mol. The van der Waals surface area contributed by atoms with Crippen LogP contribution in [0.25, 0.3) is 0 Å². The molecular formula is C14H22N2. The van der Waals surface area contributed by atoms with Crippen LogP contribution in [0.3, 0.4) is 0 Å². The zero-order valence-corrected chi connectivity index (χ0v) is 10.6. The van der Waals surface area contributed by atoms with Crippen LogP contribution in [-0.4, -0.2) is 42.5 Å². The summed E-state index contributed by atoms with van der Waals surface area (Å²) in [5.41, 5.74) is 1.44. The van der Waals surface area contributed by atoms with Gasteiger partial charge in [0.1, 0.15) is 0 Å². The fourth-order valence-electron chi connectivity index (χ4n) is 2.40. The van der Waals surface area contributed by atoms with E-state index in [2.05, 4.69) is 61.0 Å². The van der Waals surface area contributed by atoms with Crippen molar-refractivity contribution < 1.29 is 0 Å². The molecule has 1 saturated heterocycles. The molecule has 1 aliphatic heterocycles. The van der Waals surface area contributed by atoms with E-state index in [1.54, 1.807) is 0 Å². The molecule has 1 aromatic rings. The van der Waals surface area contributed by atoms with Gasteiger partial charge < -0.3 is 0 Å². The molecule has 1 aromatic carbocycles. The molecule has 0 radical (unpaired) electrons. The third-order valence-electron chi connectivity index (χ3n) is 3.59. The topological polar surface area (TPSA) is 6.48 Å². The molecule has 1 aliphatic rings. The van der Waals surface area contributed by atoms with E-state index in [1.807, 2.05) is 0 Å². The van der Waals surface area contributed by atoms with E-state index in [9.17, 15) is 0 Å². The summed E-state index contributed by atoms with van der Waals surface area (Å²) in [5, 5.41) is 0. The molecule has 1 heterocycles. The molecule has 0 amide bonds. The summed E-state index contributed by atoms with van der Waals surface area (Å²) in [5.74, 6) is 0. The molecule has 0 bridgehead atoms. The lowest BCUT2D eigenvalue weighted by atomic mass is 10.0. The van der Waals surface area contributed by atoms with Gasteiger partial charge in [-0.2, -0.15) is 0 Å². The molecule has 2 heteroatoms. The van der Waals surface area contributed by atoms with E-state index < -0.39 is 0 Å². The second-order valence-corrected chi connectivity index (χ2v) is 5.00. The molecule has 0 N–H and O–H groups in total. The lowest BCUT2D eigenvalue weighted by Crippen LogP contribution is -2.49. The van der Waals surface area contributed by atoms with Crippen LogP contribution in [0.4, 0.5) is 0 Å². The normalized spacial score (nSPS) is 23.9. The Kier molecular flexibility index (Phi) is 3.62. The fourth-order valence-corrected chi connectivity index (χ4v) is 2.40. The molecule has 1 atom stereocenters. The first-order valence-electron chi connectivity index (χ1n) is 6.17. The summed E-state index contributed by atoms with van der Waals surface area (Å²) >= 11 is 0. The first-order chi connectivity index (χ1) is 7.68. The van der Waals surface area contributed by atoms with Gasteiger partial charge in [0, 0.05) is 31.7 Å². The average Bonchev–Trinajstić information content (AvgIpc) is 2.30. The average molecular weight is 218 g/mol. The smallest absolute Gasteiger partial charge is 0.0472 e. The first-order valence-corrected chi connectivity index (χ1v) is 6.17. The van der Waals surface area contributed by atoms with E-state index in [4.69, 9.17) is 0 Å². The van der Waals surface area contributed by atoms with Crippen molar-refractivity contribution in [1.29, 1.82) is 0 Å². The van der Waals surface area contributed by atoms with Gasteiger partial charge in [-0.15, -0.1) is 0 Å². The van der Waals surface area contributed by atoms with Crippen molar-refractivity contribution in [2.45, 2.75) is 25.9 Å². The van der Waals surface area contributed by atoms with Gasteiger partial charge in [0.05, 0.1) is 0 Å². The third kappa shape index (κ3) is 2.45. The molecule has 0 saturated carbocycles. The summed E-state index contributed by atoms with van der Waals surface area (Å²) in [6, 6.07) is 12.1. The van der Waals surface area contributed by atoms with E-state index in [0.29, 0.717) is 12.1 Å². The Hall–Kier alpha value is -0.860. The molecule has 2 nitrogen and oxygen atoms in total. The highest BCUT2D eigenvalue weighted by Crippen LogP contribution is 2.24. The number of piperazine rings is 1. The number of rotatable bonds is 2. The summed E-state index contributed by atoms with van der Waals surface area (Å²) in [7, 11) is 2.23. The lowest BCUT2D eigenvalue weighted by Gasteiger charge is -2.41. The van der Waals surface area contributed by atoms with Crippen molar-refractivity contribution in [3.05, 3.63) is 35.9 Å². The monoisotopic (exact) mass is 218 g/mol. The Balaban J connectivity index is 2.13. The van der Waals surface area contributed by atoms with Crippen LogP contribution in [-0.2, 0) is 0 Å². The Bertz CT molecular complexity index is 321. The van der Waals surface area contributed by atoms with Crippen molar-refractivity contribution in [2.24, 2.45) is 0 Å². The molecule has 0 aliphatic carbocycles. The molecule has 0 aromatic heterocycles. The van der Waals surface area contributed by atoms with Crippen LogP contribution in [0.2, 0.25) is 0 Å². The zero-order valence-electron chi connectivity index (χ0n) is 10.6. The van der Waals surface area contributed by atoms with Crippen LogP contribution in [0, 0.1) is 0 Å². The van der Waals surface area contributed by atoms with E-state index in [-0.39, 0.29) is 0 Å². The second kappa shape index (κ2) is 4.98. The summed E-state index contributed by atoms with van der Waals surface area (Å²) in [6.45, 7) is 8.08. The number of hydrogen-bond acceptors (Lipinski definition) is 2. The summed E-state index contributed by atoms with van der Waals surface area (Å²) in [4.78, 5) is 5.03. The molecular weight excluding hydrogens is 196 g/mol. The highest BCUT2D eigenvalue weighted by Gasteiger charge is 2.26. The van der Waals surface area contributed by atoms with Gasteiger partial charge in [-0.3, -0.25) is 9.80 Å². The zero-order chi connectivity index (χ0) is 11.5. The molecule has 1 fully saturated rings. The highest BCUT2D eigenvalue weighted by atomic mass is 15.3. The van der Waals surface area contributed by atoms with Crippen LogP contribution in [0.1, 0.15) is 25.5 Å². The van der Waals surface area contributed by atoms with E-state index in [0.717, 1.165) is 13.1 Å². The van der Waals surface area contributed by atoms with Crippen molar-refractivity contribution >= 4 is 0 Å². The maximum absolute atomic E-state index is 2.57. The number of likely N-dealkylation sites (N-methyl/N-ethyl adjacent to an activating group) is 1. The van der Waals surface area contributed by atoms with Crippen LogP contribution >= 0.6 is 0 Å². The molecule has 0 spiro atoms. The number of benzene rings is 1. The Morgan fingerprint density at radius 3 is 2.44 bits per heavy atom. The SMILES string of the molecule is CC(C)N1CCN(C)C(c2ccccc2)C1. The molecule has 16 heavy (non-hydrogen) atoms. The van der Waals surface area contributed by atoms with Crippen LogP contribution < -0.4 is 0 Å². The van der Waals surface area contributed by atoms with Crippen molar-refractivity contribution in [3.63, 3.8) is 0 Å². The van der Waals surface area contributed by atoms with Gasteiger partial charge >= 0.3 is 0 Å². The Morgan fingerprint density at radius 2 is 1.81 bits per heavy atom. The molecule has 2 rings (SSSR count). The first kappa shape index (κ1) is 11.6. The van der Waals surface area contributed by atoms with Gasteiger partial charge in [-0.25, -0.2) is 0 Å². The molecule has 88 valence electrons. The minimum absolute atomic E-state index is 0.553. The largest absolute Gasteiger partial charge is 0.298 e. The van der Waals surface area contributed by atoms with Crippen LogP contribution in [0.5, 0.6) is 0 Å². The summed E-state index contributed by atoms with van der Waals surface area (Å²) in [6.07, 6.45) is 0. The van der Waals surface area contributed by atoms with Gasteiger partial charge in [0.15, 0.2) is 0 Å². The van der Waals surface area contributed by atoms with Crippen molar-refractivity contribution in [2.75, 3.05) is 26.7 Å².